The van der Waals surface area contributed by atoms with Gasteiger partial charge in [-0.15, -0.1) is 0 Å². The van der Waals surface area contributed by atoms with E-state index >= 15 is 0 Å². The molecule has 4 heteroatoms. The molecule has 175 valence electrons. The van der Waals surface area contributed by atoms with Crippen LogP contribution in [0.5, 0.6) is 0 Å². The Morgan fingerprint density at radius 3 is 2.16 bits per heavy atom. The molecule has 2 fully saturated rings. The minimum atomic E-state index is -1.76. The van der Waals surface area contributed by atoms with Crippen LogP contribution in [0.1, 0.15) is 113 Å². The monoisotopic (exact) mass is 467 g/mol. The maximum atomic E-state index is 14.1. The number of benzene rings is 1. The van der Waals surface area contributed by atoms with E-state index < -0.39 is 11.4 Å². The maximum absolute atomic E-state index is 14.1. The van der Waals surface area contributed by atoms with Crippen LogP contribution in [0, 0.1) is 17.7 Å². The Kier molecular flexibility index (Phi) is 10.8. The van der Waals surface area contributed by atoms with Crippen LogP contribution in [0.2, 0.25) is 18.1 Å². The van der Waals surface area contributed by atoms with E-state index in [9.17, 15) is 8.78 Å². The van der Waals surface area contributed by atoms with Gasteiger partial charge in [-0.3, -0.25) is 0 Å². The van der Waals surface area contributed by atoms with Gasteiger partial charge in [0.15, 0.2) is 0 Å². The molecule has 1 aliphatic heterocycles. The van der Waals surface area contributed by atoms with Crippen molar-refractivity contribution in [3.63, 3.8) is 0 Å². The molecular formula is C27H42ClF2Si. The van der Waals surface area contributed by atoms with Crippen LogP contribution in [0.25, 0.3) is 0 Å². The second-order valence-corrected chi connectivity index (χ2v) is 13.6. The molecule has 2 aliphatic rings. The van der Waals surface area contributed by atoms with Crippen LogP contribution < -0.4 is 0 Å². The van der Waals surface area contributed by atoms with Crippen molar-refractivity contribution in [2.45, 2.75) is 120 Å². The largest absolute Gasteiger partial charge is 0.225 e. The summed E-state index contributed by atoms with van der Waals surface area (Å²) in [5.41, 5.74) is -0.775. The molecule has 0 aromatic heterocycles. The van der Waals surface area contributed by atoms with Crippen molar-refractivity contribution in [1.29, 1.82) is 0 Å². The fraction of sp³-hybridized carbons (Fsp3) is 0.778. The van der Waals surface area contributed by atoms with Gasteiger partial charge in [0.2, 0.25) is 5.63 Å². The zero-order valence-corrected chi connectivity index (χ0v) is 21.2. The van der Waals surface area contributed by atoms with Crippen molar-refractivity contribution in [2.24, 2.45) is 11.8 Å². The number of hydrogen-bond acceptors (Lipinski definition) is 0. The SMILES string of the molecule is CCCCC[Si]1CCC(CCCCC2CCC(c3ccc(C(F)Cl)c(F)c3)CC2)CC1. The van der Waals surface area contributed by atoms with Crippen LogP contribution in [-0.4, -0.2) is 8.80 Å². The van der Waals surface area contributed by atoms with E-state index in [-0.39, 0.29) is 14.4 Å². The van der Waals surface area contributed by atoms with Crippen molar-refractivity contribution in [2.75, 3.05) is 0 Å². The summed E-state index contributed by atoms with van der Waals surface area (Å²) >= 11 is 5.40. The summed E-state index contributed by atoms with van der Waals surface area (Å²) in [4.78, 5) is 0. The van der Waals surface area contributed by atoms with Crippen molar-refractivity contribution >= 4 is 20.4 Å². The lowest BCUT2D eigenvalue weighted by molar-refractivity contribution is 0.297. The minimum absolute atomic E-state index is 0.0144. The van der Waals surface area contributed by atoms with Gasteiger partial charge < -0.3 is 0 Å². The van der Waals surface area contributed by atoms with Crippen LogP contribution in [0.15, 0.2) is 18.2 Å². The van der Waals surface area contributed by atoms with Gasteiger partial charge in [-0.2, -0.15) is 0 Å². The lowest BCUT2D eigenvalue weighted by Gasteiger charge is -2.30. The first-order valence-electron chi connectivity index (χ1n) is 13.0. The second kappa shape index (κ2) is 13.3. The predicted octanol–water partition coefficient (Wildman–Crippen LogP) is 9.96. The molecular weight excluding hydrogens is 426 g/mol. The lowest BCUT2D eigenvalue weighted by Crippen LogP contribution is -2.21. The third-order valence-corrected chi connectivity index (χ3v) is 11.3. The molecule has 0 spiro atoms. The van der Waals surface area contributed by atoms with Crippen molar-refractivity contribution in [3.8, 4) is 0 Å². The highest BCUT2D eigenvalue weighted by Gasteiger charge is 2.24. The number of unbranched alkanes of at least 4 members (excludes halogenated alkanes) is 3. The van der Waals surface area contributed by atoms with Crippen LogP contribution in [-0.2, 0) is 0 Å². The van der Waals surface area contributed by atoms with Crippen LogP contribution in [0.4, 0.5) is 8.78 Å². The molecule has 1 unspecified atom stereocenters. The fourth-order valence-electron chi connectivity index (χ4n) is 5.87. The highest BCUT2D eigenvalue weighted by atomic mass is 35.5. The average molecular weight is 468 g/mol. The van der Waals surface area contributed by atoms with Gasteiger partial charge in [0.25, 0.3) is 0 Å². The van der Waals surface area contributed by atoms with Crippen molar-refractivity contribution < 1.29 is 8.78 Å². The van der Waals surface area contributed by atoms with Crippen molar-refractivity contribution in [3.05, 3.63) is 35.1 Å². The van der Waals surface area contributed by atoms with Gasteiger partial charge in [0.05, 0.1) is 0 Å². The molecule has 1 aliphatic carbocycles. The van der Waals surface area contributed by atoms with E-state index in [2.05, 4.69) is 6.92 Å². The minimum Gasteiger partial charge on any atom is -0.225 e. The summed E-state index contributed by atoms with van der Waals surface area (Å²) < 4.78 is 27.2. The second-order valence-electron chi connectivity index (χ2n) is 10.2. The zero-order chi connectivity index (χ0) is 22.1. The highest BCUT2D eigenvalue weighted by Crippen LogP contribution is 2.39. The zero-order valence-electron chi connectivity index (χ0n) is 19.5. The summed E-state index contributed by atoms with van der Waals surface area (Å²) in [7, 11) is 0.0144. The number of halogens is 3. The third kappa shape index (κ3) is 8.14. The van der Waals surface area contributed by atoms with Gasteiger partial charge in [0.1, 0.15) is 5.82 Å². The Balaban J connectivity index is 1.27. The first-order valence-corrected chi connectivity index (χ1v) is 15.5. The van der Waals surface area contributed by atoms with E-state index in [1.54, 1.807) is 18.1 Å². The Morgan fingerprint density at radius 1 is 0.935 bits per heavy atom. The summed E-state index contributed by atoms with van der Waals surface area (Å²) in [5.74, 6) is 1.78. The predicted molar refractivity (Wildman–Crippen MR) is 132 cm³/mol. The van der Waals surface area contributed by atoms with Gasteiger partial charge in [0, 0.05) is 14.4 Å². The van der Waals surface area contributed by atoms with E-state index in [4.69, 9.17) is 11.6 Å². The smallest absolute Gasteiger partial charge is 0.201 e. The fourth-order valence-corrected chi connectivity index (χ4v) is 9.18. The van der Waals surface area contributed by atoms with Gasteiger partial charge in [-0.25, -0.2) is 8.78 Å². The maximum Gasteiger partial charge on any atom is 0.201 e. The molecule has 0 N–H and O–H groups in total. The summed E-state index contributed by atoms with van der Waals surface area (Å²) in [5, 5.41) is 0. The molecule has 1 saturated heterocycles. The standard InChI is InChI=1S/C27H42ClF2Si/c1-2-3-6-17-31-18-15-22(16-19-31)8-5-4-7-21-9-11-23(12-10-21)24-13-14-25(27(28)30)26(29)20-24/h13-14,20-23,27H,2-12,15-19H2,1H3. The summed E-state index contributed by atoms with van der Waals surface area (Å²) in [6, 6.07) is 9.65. The first-order chi connectivity index (χ1) is 15.1. The van der Waals surface area contributed by atoms with E-state index in [0.717, 1.165) is 30.2 Å². The van der Waals surface area contributed by atoms with Gasteiger partial charge in [-0.05, 0) is 55.1 Å². The van der Waals surface area contributed by atoms with E-state index in [0.29, 0.717) is 5.92 Å². The Bertz CT molecular complexity index is 634. The van der Waals surface area contributed by atoms with Crippen LogP contribution >= 0.6 is 11.6 Å². The van der Waals surface area contributed by atoms with Gasteiger partial charge in [-0.1, -0.05) is 107 Å². The molecule has 1 aromatic rings. The number of rotatable bonds is 11. The molecule has 0 bridgehead atoms. The topological polar surface area (TPSA) is 0 Å². The summed E-state index contributed by atoms with van der Waals surface area (Å²) in [6.07, 6.45) is 17.7. The molecule has 1 atom stereocenters. The molecule has 31 heavy (non-hydrogen) atoms. The van der Waals surface area contributed by atoms with Crippen LogP contribution in [0.3, 0.4) is 0 Å². The third-order valence-electron chi connectivity index (χ3n) is 8.00. The Morgan fingerprint density at radius 2 is 1.58 bits per heavy atom. The molecule has 1 radical (unpaired) electrons. The molecule has 1 heterocycles. The average Bonchev–Trinajstić information content (AvgIpc) is 2.78. The van der Waals surface area contributed by atoms with Crippen molar-refractivity contribution in [1.82, 2.24) is 0 Å². The molecule has 0 amide bonds. The number of hydrogen-bond donors (Lipinski definition) is 0. The van der Waals surface area contributed by atoms with E-state index in [1.807, 2.05) is 6.07 Å². The Labute approximate surface area is 196 Å². The molecule has 3 rings (SSSR count). The molecule has 1 saturated carbocycles. The molecule has 1 aromatic carbocycles. The summed E-state index contributed by atoms with van der Waals surface area (Å²) in [6.45, 7) is 2.31. The van der Waals surface area contributed by atoms with E-state index in [1.165, 1.54) is 82.8 Å². The lowest BCUT2D eigenvalue weighted by atomic mass is 9.77. The van der Waals surface area contributed by atoms with Gasteiger partial charge >= 0.3 is 0 Å². The molecule has 0 nitrogen and oxygen atoms in total. The number of alkyl halides is 2. The quantitative estimate of drug-likeness (QED) is 0.172. The Hall–Kier alpha value is -0.413. The normalized spacial score (nSPS) is 24.4. The highest BCUT2D eigenvalue weighted by molar-refractivity contribution is 6.58. The first kappa shape index (κ1) is 25.2.